The maximum atomic E-state index is 2.56. The summed E-state index contributed by atoms with van der Waals surface area (Å²) in [7, 11) is 0. The summed E-state index contributed by atoms with van der Waals surface area (Å²) in [6.07, 6.45) is 0. The van der Waals surface area contributed by atoms with Gasteiger partial charge in [-0.05, 0) is 13.0 Å². The van der Waals surface area contributed by atoms with Crippen LogP contribution < -0.4 is 4.48 Å². The number of benzene rings is 1. The first-order chi connectivity index (χ1) is 8.25. The van der Waals surface area contributed by atoms with Crippen LogP contribution in [0.1, 0.15) is 5.56 Å². The highest BCUT2D eigenvalue weighted by molar-refractivity contribution is 5.50. The van der Waals surface area contributed by atoms with Crippen LogP contribution >= 0.6 is 0 Å². The van der Waals surface area contributed by atoms with Gasteiger partial charge in [0, 0.05) is 5.56 Å². The molecule has 5 rings (SSSR count). The highest BCUT2D eigenvalue weighted by Crippen LogP contribution is 2.36. The van der Waals surface area contributed by atoms with E-state index in [1.807, 2.05) is 0 Å². The maximum Gasteiger partial charge on any atom is 0.143 e. The van der Waals surface area contributed by atoms with Crippen molar-refractivity contribution in [2.45, 2.75) is 6.92 Å². The summed E-state index contributed by atoms with van der Waals surface area (Å²) in [4.78, 5) is 7.68. The Bertz CT molecular complexity index is 421. The lowest BCUT2D eigenvalue weighted by Crippen LogP contribution is -2.80. The minimum absolute atomic E-state index is 1.10. The number of rotatable bonds is 1. The van der Waals surface area contributed by atoms with Crippen LogP contribution in [0.5, 0.6) is 0 Å². The van der Waals surface area contributed by atoms with E-state index < -0.39 is 0 Å². The Kier molecular flexibility index (Phi) is 1.94. The normalized spacial score (nSPS) is 43.0. The third kappa shape index (κ3) is 1.39. The Hall–Kier alpha value is -0.940. The lowest BCUT2D eigenvalue weighted by atomic mass is 10.1. The number of hydrogen-bond acceptors (Lipinski definition) is 3. The average molecular weight is 231 g/mol. The molecule has 4 saturated heterocycles. The predicted molar refractivity (Wildman–Crippen MR) is 67.7 cm³/mol. The largest absolute Gasteiger partial charge is 0.253 e. The van der Waals surface area contributed by atoms with Crippen LogP contribution in [-0.4, -0.2) is 54.7 Å². The van der Waals surface area contributed by atoms with Gasteiger partial charge in [-0.15, -0.1) is 0 Å². The van der Waals surface area contributed by atoms with E-state index >= 15 is 0 Å². The Labute approximate surface area is 102 Å². The van der Waals surface area contributed by atoms with Crippen molar-refractivity contribution in [1.29, 1.82) is 0 Å². The predicted octanol–water partition coefficient (Wildman–Crippen LogP) is 0.994. The smallest absolute Gasteiger partial charge is 0.143 e. The van der Waals surface area contributed by atoms with Gasteiger partial charge in [0.2, 0.25) is 0 Å². The standard InChI is InChI=1S/C13H19N4/c1-12-4-2-3-5-13(12)17-9-14-6-15(10-17)8-16(7-14)11-17/h2-5H,6-11H2,1H3/q+1. The van der Waals surface area contributed by atoms with Gasteiger partial charge in [0.25, 0.3) is 0 Å². The van der Waals surface area contributed by atoms with Crippen LogP contribution in [0.2, 0.25) is 0 Å². The van der Waals surface area contributed by atoms with E-state index in [9.17, 15) is 0 Å². The van der Waals surface area contributed by atoms with Crippen molar-refractivity contribution in [2.24, 2.45) is 0 Å². The zero-order valence-corrected chi connectivity index (χ0v) is 10.3. The molecule has 4 aliphatic rings. The summed E-state index contributed by atoms with van der Waals surface area (Å²) in [6, 6.07) is 8.88. The van der Waals surface area contributed by atoms with Crippen molar-refractivity contribution < 1.29 is 0 Å². The molecule has 0 unspecified atom stereocenters. The molecule has 90 valence electrons. The average Bonchev–Trinajstić information content (AvgIpc) is 2.27. The Balaban J connectivity index is 1.80. The molecule has 0 atom stereocenters. The second-order valence-corrected chi connectivity index (χ2v) is 5.79. The number of hydrogen-bond donors (Lipinski definition) is 0. The topological polar surface area (TPSA) is 9.72 Å². The number of quaternary nitrogens is 1. The molecule has 17 heavy (non-hydrogen) atoms. The first kappa shape index (κ1) is 10.0. The van der Waals surface area contributed by atoms with Crippen molar-refractivity contribution >= 4 is 5.69 Å². The summed E-state index contributed by atoms with van der Waals surface area (Å²) in [5.74, 6) is 0. The molecule has 1 aromatic carbocycles. The molecule has 0 amide bonds. The SMILES string of the molecule is Cc1ccccc1[N+]12CN3CN(CN(C3)C1)C2. The van der Waals surface area contributed by atoms with Crippen molar-refractivity contribution in [3.63, 3.8) is 0 Å². The molecule has 4 heterocycles. The molecule has 0 N–H and O–H groups in total. The van der Waals surface area contributed by atoms with Gasteiger partial charge in [-0.3, -0.25) is 4.48 Å². The van der Waals surface area contributed by atoms with E-state index in [1.165, 1.54) is 31.3 Å². The molecule has 1 aromatic rings. The van der Waals surface area contributed by atoms with Crippen LogP contribution in [-0.2, 0) is 0 Å². The van der Waals surface area contributed by atoms with Crippen LogP contribution in [0.25, 0.3) is 0 Å². The third-order valence-corrected chi connectivity index (χ3v) is 4.24. The van der Waals surface area contributed by atoms with E-state index in [2.05, 4.69) is 45.9 Å². The first-order valence-electron chi connectivity index (χ1n) is 6.35. The summed E-state index contributed by atoms with van der Waals surface area (Å²) < 4.78 is 1.10. The highest BCUT2D eigenvalue weighted by atomic mass is 15.7. The monoisotopic (exact) mass is 231 g/mol. The van der Waals surface area contributed by atoms with Gasteiger partial charge in [0.05, 0.1) is 20.0 Å². The molecular weight excluding hydrogens is 212 g/mol. The van der Waals surface area contributed by atoms with Gasteiger partial charge in [0.1, 0.15) is 25.7 Å². The van der Waals surface area contributed by atoms with Crippen LogP contribution in [0.15, 0.2) is 24.3 Å². The molecule has 0 aliphatic carbocycles. The second kappa shape index (κ2) is 3.29. The zero-order valence-electron chi connectivity index (χ0n) is 10.3. The Morgan fingerprint density at radius 1 is 0.882 bits per heavy atom. The fourth-order valence-corrected chi connectivity index (χ4v) is 3.86. The Morgan fingerprint density at radius 3 is 1.94 bits per heavy atom. The molecule has 4 bridgehead atoms. The molecule has 4 aliphatic heterocycles. The lowest BCUT2D eigenvalue weighted by Gasteiger charge is -2.60. The molecule has 0 radical (unpaired) electrons. The van der Waals surface area contributed by atoms with Crippen molar-refractivity contribution in [3.05, 3.63) is 29.8 Å². The molecule has 4 nitrogen and oxygen atoms in total. The van der Waals surface area contributed by atoms with E-state index in [1.54, 1.807) is 0 Å². The second-order valence-electron chi connectivity index (χ2n) is 5.79. The Morgan fingerprint density at radius 2 is 1.41 bits per heavy atom. The quantitative estimate of drug-likeness (QED) is 0.668. The van der Waals surface area contributed by atoms with Gasteiger partial charge in [0.15, 0.2) is 0 Å². The van der Waals surface area contributed by atoms with E-state index in [4.69, 9.17) is 0 Å². The van der Waals surface area contributed by atoms with E-state index in [0.29, 0.717) is 0 Å². The minimum atomic E-state index is 1.10. The number of aryl methyl sites for hydroxylation is 1. The molecule has 0 aromatic heterocycles. The van der Waals surface area contributed by atoms with Crippen molar-refractivity contribution in [1.82, 2.24) is 19.2 Å². The fraction of sp³-hybridized carbons (Fsp3) is 0.538. The van der Waals surface area contributed by atoms with Gasteiger partial charge >= 0.3 is 0 Å². The van der Waals surface area contributed by atoms with Crippen molar-refractivity contribution in [2.75, 3.05) is 40.0 Å². The zero-order chi connectivity index (χ0) is 11.5. The lowest BCUT2D eigenvalue weighted by molar-refractivity contribution is -0.189. The third-order valence-electron chi connectivity index (χ3n) is 4.24. The van der Waals surface area contributed by atoms with Gasteiger partial charge in [-0.1, -0.05) is 18.2 Å². The number of para-hydroxylation sites is 1. The summed E-state index contributed by atoms with van der Waals surface area (Å²) >= 11 is 0. The highest BCUT2D eigenvalue weighted by Gasteiger charge is 2.50. The van der Waals surface area contributed by atoms with E-state index in [-0.39, 0.29) is 0 Å². The van der Waals surface area contributed by atoms with Gasteiger partial charge < -0.3 is 0 Å². The summed E-state index contributed by atoms with van der Waals surface area (Å²) in [5, 5.41) is 0. The maximum absolute atomic E-state index is 2.56. The van der Waals surface area contributed by atoms with Crippen molar-refractivity contribution in [3.8, 4) is 0 Å². The molecule has 0 spiro atoms. The van der Waals surface area contributed by atoms with Gasteiger partial charge in [-0.2, -0.15) is 0 Å². The van der Waals surface area contributed by atoms with Gasteiger partial charge in [-0.25, -0.2) is 14.7 Å². The van der Waals surface area contributed by atoms with Crippen LogP contribution in [0, 0.1) is 6.92 Å². The van der Waals surface area contributed by atoms with E-state index in [0.717, 1.165) is 24.5 Å². The first-order valence-corrected chi connectivity index (χ1v) is 6.35. The number of nitrogens with zero attached hydrogens (tertiary/aromatic N) is 4. The minimum Gasteiger partial charge on any atom is -0.253 e. The molecule has 0 saturated carbocycles. The summed E-state index contributed by atoms with van der Waals surface area (Å²) in [6.45, 7) is 9.24. The molecular formula is C13H19N4+. The summed E-state index contributed by atoms with van der Waals surface area (Å²) in [5.41, 5.74) is 2.93. The molecule has 4 heteroatoms. The van der Waals surface area contributed by atoms with Crippen LogP contribution in [0.3, 0.4) is 0 Å². The molecule has 4 fully saturated rings. The fourth-order valence-electron chi connectivity index (χ4n) is 3.86. The van der Waals surface area contributed by atoms with Crippen LogP contribution in [0.4, 0.5) is 5.69 Å².